The Morgan fingerprint density at radius 3 is 2.60 bits per heavy atom. The maximum absolute atomic E-state index is 2.33. The summed E-state index contributed by atoms with van der Waals surface area (Å²) in [6.07, 6.45) is 18.9. The van der Waals surface area contributed by atoms with Crippen LogP contribution in [0.1, 0.15) is 17.9 Å². The molecule has 0 saturated heterocycles. The van der Waals surface area contributed by atoms with Gasteiger partial charge in [0.15, 0.2) is 0 Å². The van der Waals surface area contributed by atoms with E-state index in [9.17, 15) is 0 Å². The first-order valence-electron chi connectivity index (χ1n) is 7.14. The predicted octanol–water partition coefficient (Wildman–Crippen LogP) is 5.02. The number of hydrogen-bond acceptors (Lipinski definition) is 0. The summed E-state index contributed by atoms with van der Waals surface area (Å²) in [5.74, 6) is 0.396. The lowest BCUT2D eigenvalue weighted by Gasteiger charge is -2.17. The van der Waals surface area contributed by atoms with E-state index in [4.69, 9.17) is 0 Å². The van der Waals surface area contributed by atoms with Crippen LogP contribution in [-0.4, -0.2) is 0 Å². The zero-order valence-corrected chi connectivity index (χ0v) is 11.3. The zero-order valence-electron chi connectivity index (χ0n) is 11.3. The lowest BCUT2D eigenvalue weighted by molar-refractivity contribution is 0.990. The van der Waals surface area contributed by atoms with E-state index in [2.05, 4.69) is 78.9 Å². The highest BCUT2D eigenvalue weighted by Gasteiger charge is 2.25. The van der Waals surface area contributed by atoms with Gasteiger partial charge in [0.25, 0.3) is 0 Å². The summed E-state index contributed by atoms with van der Waals surface area (Å²) in [4.78, 5) is 0. The van der Waals surface area contributed by atoms with E-state index in [1.165, 1.54) is 27.9 Å². The first-order valence-corrected chi connectivity index (χ1v) is 7.14. The zero-order chi connectivity index (χ0) is 13.4. The van der Waals surface area contributed by atoms with Crippen LogP contribution < -0.4 is 0 Å². The fraction of sp³-hybridized carbons (Fsp3) is 0.100. The van der Waals surface area contributed by atoms with Crippen LogP contribution in [0.5, 0.6) is 0 Å². The van der Waals surface area contributed by atoms with Gasteiger partial charge in [-0.3, -0.25) is 0 Å². The summed E-state index contributed by atoms with van der Waals surface area (Å²) in [5, 5.41) is 0. The molecule has 0 aromatic heterocycles. The van der Waals surface area contributed by atoms with Crippen molar-refractivity contribution >= 4 is 0 Å². The molecule has 0 heterocycles. The molecule has 0 aliphatic heterocycles. The van der Waals surface area contributed by atoms with Gasteiger partial charge in [-0.1, -0.05) is 78.9 Å². The summed E-state index contributed by atoms with van der Waals surface area (Å²) in [6.45, 7) is 0. The smallest absolute Gasteiger partial charge is 0.0281 e. The lowest BCUT2D eigenvalue weighted by Crippen LogP contribution is -2.01. The maximum atomic E-state index is 2.33. The molecule has 20 heavy (non-hydrogen) atoms. The highest BCUT2D eigenvalue weighted by Crippen LogP contribution is 2.43. The third kappa shape index (κ3) is 1.85. The van der Waals surface area contributed by atoms with Gasteiger partial charge in [0.2, 0.25) is 0 Å². The predicted molar refractivity (Wildman–Crippen MR) is 84.4 cm³/mol. The fourth-order valence-electron chi connectivity index (χ4n) is 3.22. The minimum atomic E-state index is 0.396. The molecule has 0 radical (unpaired) electrons. The molecule has 0 fully saturated rings. The van der Waals surface area contributed by atoms with E-state index >= 15 is 0 Å². The van der Waals surface area contributed by atoms with E-state index in [0.717, 1.165) is 6.42 Å². The molecule has 1 unspecified atom stereocenters. The van der Waals surface area contributed by atoms with E-state index < -0.39 is 0 Å². The number of allylic oxidation sites excluding steroid dienone is 12. The molecule has 0 amide bonds. The molecule has 0 nitrogen and oxygen atoms in total. The summed E-state index contributed by atoms with van der Waals surface area (Å²) in [6, 6.07) is 10.8. The number of fused-ring (bicyclic) bond motifs is 3. The van der Waals surface area contributed by atoms with Crippen LogP contribution in [0.25, 0.3) is 0 Å². The number of rotatable bonds is 1. The fourth-order valence-corrected chi connectivity index (χ4v) is 3.22. The van der Waals surface area contributed by atoms with Gasteiger partial charge in [0.1, 0.15) is 0 Å². The van der Waals surface area contributed by atoms with Gasteiger partial charge in [-0.25, -0.2) is 0 Å². The minimum absolute atomic E-state index is 0.396. The second-order valence-electron chi connectivity index (χ2n) is 5.44. The summed E-state index contributed by atoms with van der Waals surface area (Å²) in [7, 11) is 0. The van der Waals surface area contributed by atoms with Crippen molar-refractivity contribution < 1.29 is 0 Å². The molecule has 3 aliphatic rings. The number of hydrogen-bond donors (Lipinski definition) is 0. The quantitative estimate of drug-likeness (QED) is 0.662. The Morgan fingerprint density at radius 2 is 1.70 bits per heavy atom. The van der Waals surface area contributed by atoms with Crippen molar-refractivity contribution in [2.75, 3.05) is 0 Å². The van der Waals surface area contributed by atoms with Gasteiger partial charge >= 0.3 is 0 Å². The molecular formula is C20H16. The highest BCUT2D eigenvalue weighted by atomic mass is 14.3. The molecule has 1 aromatic rings. The van der Waals surface area contributed by atoms with Crippen LogP contribution in [0.3, 0.4) is 0 Å². The molecule has 3 aliphatic carbocycles. The van der Waals surface area contributed by atoms with Crippen LogP contribution in [0.15, 0.2) is 101 Å². The Morgan fingerprint density at radius 1 is 0.850 bits per heavy atom. The Kier molecular flexibility index (Phi) is 2.67. The summed E-state index contributed by atoms with van der Waals surface area (Å²) < 4.78 is 0. The molecule has 1 aromatic carbocycles. The van der Waals surface area contributed by atoms with Crippen molar-refractivity contribution in [2.24, 2.45) is 0 Å². The Labute approximate surface area is 119 Å². The van der Waals surface area contributed by atoms with Gasteiger partial charge in [0.05, 0.1) is 0 Å². The number of benzene rings is 1. The highest BCUT2D eigenvalue weighted by molar-refractivity contribution is 5.62. The van der Waals surface area contributed by atoms with E-state index in [1.54, 1.807) is 0 Å². The summed E-state index contributed by atoms with van der Waals surface area (Å²) >= 11 is 0. The average molecular weight is 256 g/mol. The van der Waals surface area contributed by atoms with E-state index in [-0.39, 0.29) is 0 Å². The molecule has 2 bridgehead atoms. The van der Waals surface area contributed by atoms with Gasteiger partial charge in [-0.15, -0.1) is 0 Å². The van der Waals surface area contributed by atoms with Gasteiger partial charge in [-0.2, -0.15) is 0 Å². The largest absolute Gasteiger partial charge is 0.0720 e. The minimum Gasteiger partial charge on any atom is -0.0720 e. The van der Waals surface area contributed by atoms with E-state index in [1.807, 2.05) is 0 Å². The Balaban J connectivity index is 1.84. The topological polar surface area (TPSA) is 0 Å². The lowest BCUT2D eigenvalue weighted by atomic mass is 9.86. The van der Waals surface area contributed by atoms with Crippen LogP contribution in [0, 0.1) is 0 Å². The van der Waals surface area contributed by atoms with Crippen LogP contribution in [-0.2, 0) is 0 Å². The second-order valence-corrected chi connectivity index (χ2v) is 5.44. The molecule has 0 saturated carbocycles. The first kappa shape index (κ1) is 11.5. The SMILES string of the molecule is C1=CC=C2CC(=C1)C=CC1=C2C(c2ccccc2)C=C1. The average Bonchev–Trinajstić information content (AvgIpc) is 2.67. The molecule has 96 valence electrons. The monoisotopic (exact) mass is 256 g/mol. The molecule has 0 spiro atoms. The Bertz CT molecular complexity index is 719. The van der Waals surface area contributed by atoms with Crippen molar-refractivity contribution in [3.8, 4) is 0 Å². The van der Waals surface area contributed by atoms with Crippen LogP contribution in [0.2, 0.25) is 0 Å². The standard InChI is InChI=1S/C20H16/c1-2-7-16(8-3-1)19-13-12-17-11-10-15-6-4-5-9-18(14-15)20(17)19/h1-13,19H,14H2. The van der Waals surface area contributed by atoms with Crippen LogP contribution in [0.4, 0.5) is 0 Å². The second kappa shape index (κ2) is 4.64. The summed E-state index contributed by atoms with van der Waals surface area (Å²) in [5.41, 5.74) is 7.05. The van der Waals surface area contributed by atoms with Crippen molar-refractivity contribution in [3.63, 3.8) is 0 Å². The van der Waals surface area contributed by atoms with Crippen molar-refractivity contribution in [2.45, 2.75) is 12.3 Å². The molecule has 4 rings (SSSR count). The van der Waals surface area contributed by atoms with Gasteiger partial charge in [-0.05, 0) is 34.3 Å². The van der Waals surface area contributed by atoms with Crippen molar-refractivity contribution in [1.82, 2.24) is 0 Å². The molecule has 0 heteroatoms. The first-order chi connectivity index (χ1) is 9.92. The van der Waals surface area contributed by atoms with Gasteiger partial charge < -0.3 is 0 Å². The Hall–Kier alpha value is -2.34. The third-order valence-electron chi connectivity index (χ3n) is 4.19. The molecule has 1 atom stereocenters. The maximum Gasteiger partial charge on any atom is 0.0281 e. The van der Waals surface area contributed by atoms with Crippen LogP contribution >= 0.6 is 0 Å². The van der Waals surface area contributed by atoms with Gasteiger partial charge in [0, 0.05) is 5.92 Å². The molecule has 0 N–H and O–H groups in total. The van der Waals surface area contributed by atoms with E-state index in [0.29, 0.717) is 5.92 Å². The third-order valence-corrected chi connectivity index (χ3v) is 4.19. The van der Waals surface area contributed by atoms with Crippen molar-refractivity contribution in [1.29, 1.82) is 0 Å². The molecular weight excluding hydrogens is 240 g/mol. The van der Waals surface area contributed by atoms with Crippen molar-refractivity contribution in [3.05, 3.63) is 107 Å². The normalized spacial score (nSPS) is 23.1.